The fourth-order valence-corrected chi connectivity index (χ4v) is 2.37. The summed E-state index contributed by atoms with van der Waals surface area (Å²) in [6.45, 7) is 0.925. The summed E-state index contributed by atoms with van der Waals surface area (Å²) < 4.78 is 5.12. The normalized spacial score (nSPS) is 23.9. The molecule has 1 saturated carbocycles. The average molecular weight is 235 g/mol. The van der Waals surface area contributed by atoms with Gasteiger partial charge >= 0.3 is 0 Å². The summed E-state index contributed by atoms with van der Waals surface area (Å²) in [5.74, 6) is 0.896. The molecule has 1 fully saturated rings. The molecule has 0 spiro atoms. The summed E-state index contributed by atoms with van der Waals surface area (Å²) in [5.41, 5.74) is 1.30. The molecule has 17 heavy (non-hydrogen) atoms. The highest BCUT2D eigenvalue weighted by Gasteiger charge is 2.23. The summed E-state index contributed by atoms with van der Waals surface area (Å²) in [6, 6.07) is 8.45. The fraction of sp³-hybridized carbons (Fsp3) is 0.571. The smallest absolute Gasteiger partial charge is 0.118 e. The highest BCUT2D eigenvalue weighted by molar-refractivity contribution is 5.27. The quantitative estimate of drug-likeness (QED) is 0.817. The minimum Gasteiger partial charge on any atom is -0.497 e. The van der Waals surface area contributed by atoms with Crippen LogP contribution in [0.25, 0.3) is 0 Å². The first-order valence-electron chi connectivity index (χ1n) is 6.34. The van der Waals surface area contributed by atoms with E-state index < -0.39 is 0 Å². The second kappa shape index (κ2) is 6.03. The van der Waals surface area contributed by atoms with Crippen molar-refractivity contribution in [3.05, 3.63) is 29.8 Å². The maximum absolute atomic E-state index is 9.68. The summed E-state index contributed by atoms with van der Waals surface area (Å²) in [6.07, 6.45) is 4.03. The molecule has 0 heterocycles. The van der Waals surface area contributed by atoms with E-state index in [0.29, 0.717) is 6.04 Å². The van der Waals surface area contributed by atoms with Crippen LogP contribution in [0.1, 0.15) is 24.8 Å². The lowest BCUT2D eigenvalue weighted by Gasteiger charge is -2.16. The van der Waals surface area contributed by atoms with Gasteiger partial charge in [-0.1, -0.05) is 12.1 Å². The Morgan fingerprint density at radius 1 is 1.29 bits per heavy atom. The molecule has 0 saturated heterocycles. The number of aliphatic hydroxyl groups is 1. The lowest BCUT2D eigenvalue weighted by atomic mass is 10.1. The van der Waals surface area contributed by atoms with Gasteiger partial charge in [0.15, 0.2) is 0 Å². The molecule has 1 aliphatic carbocycles. The van der Waals surface area contributed by atoms with Gasteiger partial charge in [0.25, 0.3) is 0 Å². The van der Waals surface area contributed by atoms with Crippen LogP contribution in [0, 0.1) is 0 Å². The van der Waals surface area contributed by atoms with Crippen molar-refractivity contribution in [2.24, 2.45) is 0 Å². The van der Waals surface area contributed by atoms with E-state index in [1.54, 1.807) is 7.11 Å². The van der Waals surface area contributed by atoms with E-state index in [0.717, 1.165) is 38.0 Å². The van der Waals surface area contributed by atoms with Gasteiger partial charge < -0.3 is 15.2 Å². The maximum atomic E-state index is 9.68. The molecule has 94 valence electrons. The number of methoxy groups -OCH3 is 1. The van der Waals surface area contributed by atoms with Crippen LogP contribution in [0.5, 0.6) is 5.75 Å². The van der Waals surface area contributed by atoms with E-state index in [1.165, 1.54) is 5.56 Å². The number of benzene rings is 1. The van der Waals surface area contributed by atoms with Crippen LogP contribution in [0.4, 0.5) is 0 Å². The number of aliphatic hydroxyl groups excluding tert-OH is 1. The minimum absolute atomic E-state index is 0.147. The Bertz CT molecular complexity index is 337. The predicted octanol–water partition coefficient (Wildman–Crippen LogP) is 1.74. The summed E-state index contributed by atoms with van der Waals surface area (Å²) >= 11 is 0. The van der Waals surface area contributed by atoms with E-state index in [-0.39, 0.29) is 6.10 Å². The van der Waals surface area contributed by atoms with Gasteiger partial charge in [0.05, 0.1) is 13.2 Å². The predicted molar refractivity (Wildman–Crippen MR) is 68.3 cm³/mol. The third kappa shape index (κ3) is 3.45. The summed E-state index contributed by atoms with van der Waals surface area (Å²) in [7, 11) is 1.68. The van der Waals surface area contributed by atoms with Crippen LogP contribution < -0.4 is 10.1 Å². The van der Waals surface area contributed by atoms with Crippen molar-refractivity contribution in [2.75, 3.05) is 13.7 Å². The first kappa shape index (κ1) is 12.4. The van der Waals surface area contributed by atoms with E-state index in [1.807, 2.05) is 12.1 Å². The molecular weight excluding hydrogens is 214 g/mol. The van der Waals surface area contributed by atoms with Crippen molar-refractivity contribution < 1.29 is 9.84 Å². The SMILES string of the molecule is COc1ccc(CCN[C@@H]2CCC[C@H]2O)cc1. The van der Waals surface area contributed by atoms with E-state index in [2.05, 4.69) is 17.4 Å². The third-order valence-corrected chi connectivity index (χ3v) is 3.46. The molecule has 0 amide bonds. The van der Waals surface area contributed by atoms with Gasteiger partial charge in [-0.3, -0.25) is 0 Å². The summed E-state index contributed by atoms with van der Waals surface area (Å²) in [4.78, 5) is 0. The Morgan fingerprint density at radius 3 is 2.65 bits per heavy atom. The van der Waals surface area contributed by atoms with Gasteiger partial charge in [0, 0.05) is 6.04 Å². The Morgan fingerprint density at radius 2 is 2.06 bits per heavy atom. The Labute approximate surface area is 103 Å². The second-order valence-electron chi connectivity index (χ2n) is 4.66. The molecule has 0 unspecified atom stereocenters. The number of nitrogens with one attached hydrogen (secondary N) is 1. The highest BCUT2D eigenvalue weighted by Crippen LogP contribution is 2.18. The number of ether oxygens (including phenoxy) is 1. The zero-order chi connectivity index (χ0) is 12.1. The highest BCUT2D eigenvalue weighted by atomic mass is 16.5. The molecule has 2 rings (SSSR count). The zero-order valence-electron chi connectivity index (χ0n) is 10.4. The lowest BCUT2D eigenvalue weighted by Crippen LogP contribution is -2.36. The second-order valence-corrected chi connectivity index (χ2v) is 4.66. The molecule has 3 heteroatoms. The standard InChI is InChI=1S/C14H21NO2/c1-17-12-7-5-11(6-8-12)9-10-15-13-3-2-4-14(13)16/h5-8,13-16H,2-4,9-10H2,1H3/t13-,14-/m1/s1. The van der Waals surface area contributed by atoms with Crippen LogP contribution in [-0.2, 0) is 6.42 Å². The van der Waals surface area contributed by atoms with Gasteiger partial charge in [-0.05, 0) is 49.9 Å². The first-order chi connectivity index (χ1) is 8.29. The van der Waals surface area contributed by atoms with E-state index in [9.17, 15) is 5.11 Å². The molecule has 0 bridgehead atoms. The Balaban J connectivity index is 1.73. The van der Waals surface area contributed by atoms with Gasteiger partial charge in [0.1, 0.15) is 5.75 Å². The molecule has 0 radical (unpaired) electrons. The molecular formula is C14H21NO2. The van der Waals surface area contributed by atoms with Crippen LogP contribution >= 0.6 is 0 Å². The molecule has 0 aliphatic heterocycles. The first-order valence-corrected chi connectivity index (χ1v) is 6.34. The topological polar surface area (TPSA) is 41.5 Å². The van der Waals surface area contributed by atoms with Crippen molar-refractivity contribution >= 4 is 0 Å². The molecule has 2 atom stereocenters. The number of hydrogen-bond acceptors (Lipinski definition) is 3. The average Bonchev–Trinajstić information content (AvgIpc) is 2.76. The van der Waals surface area contributed by atoms with Crippen LogP contribution in [0.3, 0.4) is 0 Å². The molecule has 0 aromatic heterocycles. The van der Waals surface area contributed by atoms with Crippen molar-refractivity contribution in [1.82, 2.24) is 5.32 Å². The molecule has 3 nitrogen and oxygen atoms in total. The van der Waals surface area contributed by atoms with Crippen LogP contribution in [0.2, 0.25) is 0 Å². The Hall–Kier alpha value is -1.06. The molecule has 2 N–H and O–H groups in total. The number of rotatable bonds is 5. The van der Waals surface area contributed by atoms with Gasteiger partial charge in [-0.15, -0.1) is 0 Å². The summed E-state index contributed by atoms with van der Waals surface area (Å²) in [5, 5.41) is 13.1. The monoisotopic (exact) mass is 235 g/mol. The lowest BCUT2D eigenvalue weighted by molar-refractivity contribution is 0.149. The van der Waals surface area contributed by atoms with Crippen molar-refractivity contribution in [1.29, 1.82) is 0 Å². The number of hydrogen-bond donors (Lipinski definition) is 2. The zero-order valence-corrected chi connectivity index (χ0v) is 10.4. The van der Waals surface area contributed by atoms with Gasteiger partial charge in [-0.25, -0.2) is 0 Å². The minimum atomic E-state index is -0.147. The maximum Gasteiger partial charge on any atom is 0.118 e. The molecule has 1 aliphatic rings. The third-order valence-electron chi connectivity index (χ3n) is 3.46. The van der Waals surface area contributed by atoms with Gasteiger partial charge in [0.2, 0.25) is 0 Å². The van der Waals surface area contributed by atoms with Crippen molar-refractivity contribution in [2.45, 2.75) is 37.8 Å². The van der Waals surface area contributed by atoms with Crippen LogP contribution in [-0.4, -0.2) is 30.9 Å². The largest absolute Gasteiger partial charge is 0.497 e. The molecule has 1 aromatic rings. The van der Waals surface area contributed by atoms with E-state index in [4.69, 9.17) is 4.74 Å². The molecule has 1 aromatic carbocycles. The van der Waals surface area contributed by atoms with Crippen molar-refractivity contribution in [3.8, 4) is 5.75 Å². The van der Waals surface area contributed by atoms with Crippen molar-refractivity contribution in [3.63, 3.8) is 0 Å². The fourth-order valence-electron chi connectivity index (χ4n) is 2.37. The van der Waals surface area contributed by atoms with Crippen LogP contribution in [0.15, 0.2) is 24.3 Å². The Kier molecular flexibility index (Phi) is 4.40. The van der Waals surface area contributed by atoms with E-state index >= 15 is 0 Å². The van der Waals surface area contributed by atoms with Gasteiger partial charge in [-0.2, -0.15) is 0 Å².